The van der Waals surface area contributed by atoms with Crippen LogP contribution in [0.25, 0.3) is 0 Å². The van der Waals surface area contributed by atoms with Gasteiger partial charge >= 0.3 is 11.9 Å². The first-order valence-electron chi connectivity index (χ1n) is 9.60. The molecule has 2 rings (SSSR count). The van der Waals surface area contributed by atoms with E-state index in [9.17, 15) is 28.1 Å². The smallest absolute Gasteiger partial charge is 0.398 e. The summed E-state index contributed by atoms with van der Waals surface area (Å²) in [5, 5.41) is 12.4. The molecule has 2 aromatic rings. The van der Waals surface area contributed by atoms with E-state index in [1.54, 1.807) is 0 Å². The van der Waals surface area contributed by atoms with Gasteiger partial charge in [0, 0.05) is 18.2 Å². The highest BCUT2D eigenvalue weighted by Crippen LogP contribution is 2.36. The highest BCUT2D eigenvalue weighted by atomic mass is 35.5. The molecule has 0 atom stereocenters. The maximum absolute atomic E-state index is 13.0. The van der Waals surface area contributed by atoms with Crippen LogP contribution in [0.1, 0.15) is 29.8 Å². The number of anilines is 1. The number of hydrogen-bond donors (Lipinski definition) is 1. The quantitative estimate of drug-likeness (QED) is 0.323. The zero-order valence-electron chi connectivity index (χ0n) is 17.4. The molecule has 1 amide bonds. The average molecular weight is 475 g/mol. The molecule has 0 bridgehead atoms. The van der Waals surface area contributed by atoms with Crippen molar-refractivity contribution in [2.24, 2.45) is 0 Å². The molecular weight excluding hydrogens is 453 g/mol. The molecule has 8 nitrogen and oxygen atoms in total. The number of benzene rings is 2. The van der Waals surface area contributed by atoms with Gasteiger partial charge in [-0.3, -0.25) is 14.9 Å². The molecule has 12 heteroatoms. The fraction of sp³-hybridized carbons (Fsp3) is 0.350. The van der Waals surface area contributed by atoms with Crippen LogP contribution in [0, 0.1) is 10.1 Å². The van der Waals surface area contributed by atoms with Crippen LogP contribution in [0.3, 0.4) is 0 Å². The molecule has 0 fully saturated rings. The van der Waals surface area contributed by atoms with Gasteiger partial charge in [-0.2, -0.15) is 18.2 Å². The maximum atomic E-state index is 13.0. The first kappa shape index (κ1) is 25.2. The second-order valence-electron chi connectivity index (χ2n) is 6.70. The van der Waals surface area contributed by atoms with Crippen molar-refractivity contribution >= 4 is 28.9 Å². The molecule has 0 heterocycles. The predicted octanol–water partition coefficient (Wildman–Crippen LogP) is 4.63. The van der Waals surface area contributed by atoms with E-state index in [1.165, 1.54) is 18.2 Å². The second kappa shape index (κ2) is 10.5. The van der Waals surface area contributed by atoms with Crippen molar-refractivity contribution in [1.29, 1.82) is 0 Å². The first-order valence-corrected chi connectivity index (χ1v) is 9.98. The van der Waals surface area contributed by atoms with E-state index >= 15 is 0 Å². The van der Waals surface area contributed by atoms with Crippen molar-refractivity contribution in [2.45, 2.75) is 20.0 Å². The number of halogens is 4. The number of nitrogen functional groups attached to an aromatic ring is 1. The first-order chi connectivity index (χ1) is 15.0. The van der Waals surface area contributed by atoms with Crippen LogP contribution in [0.5, 0.6) is 5.75 Å². The number of alkyl halides is 3. The Morgan fingerprint density at radius 3 is 2.34 bits per heavy atom. The summed E-state index contributed by atoms with van der Waals surface area (Å²) in [6.07, 6.45) is -4.78. The van der Waals surface area contributed by atoms with Gasteiger partial charge in [0.25, 0.3) is 5.91 Å². The Labute approximate surface area is 187 Å². The summed E-state index contributed by atoms with van der Waals surface area (Å²) in [6, 6.07) is 5.96. The molecule has 0 aliphatic carbocycles. The Hall–Kier alpha value is -3.05. The van der Waals surface area contributed by atoms with E-state index in [0.717, 1.165) is 11.1 Å². The van der Waals surface area contributed by atoms with Crippen LogP contribution in [0.2, 0.25) is 5.02 Å². The van der Waals surface area contributed by atoms with Crippen LogP contribution in [-0.4, -0.2) is 47.0 Å². The summed E-state index contributed by atoms with van der Waals surface area (Å²) in [5.41, 5.74) is 3.88. The summed E-state index contributed by atoms with van der Waals surface area (Å²) < 4.78 is 38.9. The van der Waals surface area contributed by atoms with Crippen LogP contribution in [0.15, 0.2) is 36.4 Å². The summed E-state index contributed by atoms with van der Waals surface area (Å²) >= 11 is 5.98. The molecule has 0 unspecified atom stereocenters. The van der Waals surface area contributed by atoms with Gasteiger partial charge in [-0.1, -0.05) is 25.4 Å². The van der Waals surface area contributed by atoms with Crippen molar-refractivity contribution in [3.8, 4) is 5.75 Å². The molecular formula is C20H22ClF3N4O4. The van der Waals surface area contributed by atoms with Gasteiger partial charge in [0.15, 0.2) is 0 Å². The Kier molecular flexibility index (Phi) is 8.28. The SMILES string of the molecule is CCN(CC)CCN(Oc1ccc(C(F)(F)F)cc1[N+](=O)[O-])C(=O)c1ccc(N)c(Cl)c1. The Bertz CT molecular complexity index is 984. The molecule has 0 radical (unpaired) electrons. The van der Waals surface area contributed by atoms with E-state index < -0.39 is 34.0 Å². The Morgan fingerprint density at radius 2 is 1.81 bits per heavy atom. The van der Waals surface area contributed by atoms with Crippen LogP contribution in [0.4, 0.5) is 24.5 Å². The van der Waals surface area contributed by atoms with Crippen LogP contribution in [-0.2, 0) is 6.18 Å². The lowest BCUT2D eigenvalue weighted by molar-refractivity contribution is -0.386. The van der Waals surface area contributed by atoms with Gasteiger partial charge in [-0.15, -0.1) is 0 Å². The predicted molar refractivity (Wildman–Crippen MR) is 113 cm³/mol. The molecule has 32 heavy (non-hydrogen) atoms. The minimum atomic E-state index is -4.78. The normalized spacial score (nSPS) is 11.5. The highest BCUT2D eigenvalue weighted by Gasteiger charge is 2.34. The lowest BCUT2D eigenvalue weighted by Gasteiger charge is -2.26. The minimum absolute atomic E-state index is 0.0132. The summed E-state index contributed by atoms with van der Waals surface area (Å²) in [5.74, 6) is -1.19. The fourth-order valence-electron chi connectivity index (χ4n) is 2.80. The Balaban J connectivity index is 2.42. The molecule has 0 saturated carbocycles. The van der Waals surface area contributed by atoms with Gasteiger partial charge in [0.05, 0.1) is 27.7 Å². The number of amides is 1. The number of nitrogens with two attached hydrogens (primary N) is 1. The number of likely N-dealkylation sites (N-methyl/N-ethyl adjacent to an activating group) is 1. The molecule has 2 aromatic carbocycles. The molecule has 0 spiro atoms. The second-order valence-corrected chi connectivity index (χ2v) is 7.11. The maximum Gasteiger partial charge on any atom is 0.416 e. The number of rotatable bonds is 9. The lowest BCUT2D eigenvalue weighted by atomic mass is 10.2. The standard InChI is InChI=1S/C20H22ClF3N4O4/c1-3-26(4-2)9-10-27(19(29)13-5-7-16(25)15(21)11-13)32-18-8-6-14(20(22,23)24)12-17(18)28(30)31/h5-8,11-12H,3-4,9-10,25H2,1-2H3. The summed E-state index contributed by atoms with van der Waals surface area (Å²) in [6.45, 7) is 5.52. The van der Waals surface area contributed by atoms with Gasteiger partial charge in [-0.05, 0) is 43.4 Å². The van der Waals surface area contributed by atoms with Crippen molar-refractivity contribution in [1.82, 2.24) is 9.96 Å². The number of hydroxylamine groups is 2. The third-order valence-corrected chi connectivity index (χ3v) is 5.01. The van der Waals surface area contributed by atoms with Crippen molar-refractivity contribution < 1.29 is 27.7 Å². The number of nitrogens with zero attached hydrogens (tertiary/aromatic N) is 3. The third kappa shape index (κ3) is 6.24. The monoisotopic (exact) mass is 474 g/mol. The van der Waals surface area contributed by atoms with E-state index in [1.807, 2.05) is 18.7 Å². The van der Waals surface area contributed by atoms with Gasteiger partial charge in [-0.25, -0.2) is 0 Å². The lowest BCUT2D eigenvalue weighted by Crippen LogP contribution is -2.41. The molecule has 0 aliphatic heterocycles. The van der Waals surface area contributed by atoms with Crippen molar-refractivity contribution in [3.63, 3.8) is 0 Å². The number of nitro groups is 1. The molecule has 0 saturated heterocycles. The average Bonchev–Trinajstić information content (AvgIpc) is 2.74. The highest BCUT2D eigenvalue weighted by molar-refractivity contribution is 6.33. The summed E-state index contributed by atoms with van der Waals surface area (Å²) in [4.78, 5) is 30.9. The third-order valence-electron chi connectivity index (χ3n) is 4.68. The molecule has 2 N–H and O–H groups in total. The van der Waals surface area contributed by atoms with Crippen LogP contribution < -0.4 is 10.6 Å². The zero-order valence-corrected chi connectivity index (χ0v) is 18.1. The van der Waals surface area contributed by atoms with E-state index in [0.29, 0.717) is 31.8 Å². The Morgan fingerprint density at radius 1 is 1.16 bits per heavy atom. The van der Waals surface area contributed by atoms with E-state index in [-0.39, 0.29) is 22.8 Å². The number of carbonyl (C=O) groups is 1. The minimum Gasteiger partial charge on any atom is -0.398 e. The van der Waals surface area contributed by atoms with Crippen molar-refractivity contribution in [3.05, 3.63) is 62.7 Å². The van der Waals surface area contributed by atoms with Gasteiger partial charge < -0.3 is 15.5 Å². The van der Waals surface area contributed by atoms with E-state index in [4.69, 9.17) is 22.2 Å². The number of carbonyl (C=O) groups excluding carboxylic acids is 1. The fourth-order valence-corrected chi connectivity index (χ4v) is 2.98. The zero-order chi connectivity index (χ0) is 24.1. The van der Waals surface area contributed by atoms with Gasteiger partial charge in [0.2, 0.25) is 5.75 Å². The topological polar surface area (TPSA) is 102 Å². The number of hydrogen-bond acceptors (Lipinski definition) is 6. The summed E-state index contributed by atoms with van der Waals surface area (Å²) in [7, 11) is 0. The van der Waals surface area contributed by atoms with Crippen LogP contribution >= 0.6 is 11.6 Å². The molecule has 0 aromatic heterocycles. The van der Waals surface area contributed by atoms with Crippen molar-refractivity contribution in [2.75, 3.05) is 31.9 Å². The van der Waals surface area contributed by atoms with E-state index in [2.05, 4.69) is 0 Å². The molecule has 0 aliphatic rings. The molecule has 174 valence electrons. The number of nitro benzene ring substituents is 1. The largest absolute Gasteiger partial charge is 0.416 e. The van der Waals surface area contributed by atoms with Gasteiger partial charge in [0.1, 0.15) is 0 Å².